The maximum absolute atomic E-state index is 13.6. The fraction of sp³-hybridized carbons (Fsp3) is 0.294. The smallest absolute Gasteiger partial charge is 0.254 e. The number of likely N-dealkylation sites (tertiary alicyclic amines) is 1. The second-order valence-electron chi connectivity index (χ2n) is 10.1. The Balaban J connectivity index is 0.00000441. The van der Waals surface area contributed by atoms with Gasteiger partial charge in [-0.05, 0) is 74.5 Å². The largest absolute Gasteiger partial charge is 0.492 e. The highest BCUT2D eigenvalue weighted by Gasteiger charge is 2.29. The van der Waals surface area contributed by atoms with E-state index in [0.717, 1.165) is 47.6 Å². The van der Waals surface area contributed by atoms with Crippen LogP contribution in [0.5, 0.6) is 5.75 Å². The second kappa shape index (κ2) is 14.6. The number of piperidine rings is 1. The fourth-order valence-corrected chi connectivity index (χ4v) is 4.62. The van der Waals surface area contributed by atoms with E-state index in [2.05, 4.69) is 18.7 Å². The molecule has 4 rings (SSSR count). The molecule has 210 valence electrons. The lowest BCUT2D eigenvalue weighted by molar-refractivity contribution is -0.113. The fourth-order valence-electron chi connectivity index (χ4n) is 4.62. The number of amides is 1. The molecule has 1 aliphatic rings. The molecule has 0 aliphatic carbocycles. The predicted octanol–water partition coefficient (Wildman–Crippen LogP) is 6.64. The van der Waals surface area contributed by atoms with E-state index in [-0.39, 0.29) is 37.2 Å². The van der Waals surface area contributed by atoms with Crippen LogP contribution in [0.2, 0.25) is 0 Å². The van der Waals surface area contributed by atoms with Gasteiger partial charge in [0.25, 0.3) is 5.91 Å². The van der Waals surface area contributed by atoms with Crippen LogP contribution < -0.4 is 4.74 Å². The molecule has 0 aromatic heterocycles. The summed E-state index contributed by atoms with van der Waals surface area (Å²) in [5.74, 6) is 0.617. The number of ketones is 1. The molecule has 40 heavy (non-hydrogen) atoms. The van der Waals surface area contributed by atoms with Gasteiger partial charge >= 0.3 is 0 Å². The number of carbonyl (C=O) groups excluding carboxylic acids is 2. The van der Waals surface area contributed by atoms with Crippen LogP contribution in [0, 0.1) is 13.8 Å². The lowest BCUT2D eigenvalue weighted by Crippen LogP contribution is -2.41. The minimum absolute atomic E-state index is 0. The number of nitrogens with zero attached hydrogens (tertiary/aromatic N) is 2. The number of ether oxygens (including phenoxy) is 1. The van der Waals surface area contributed by atoms with E-state index in [9.17, 15) is 9.59 Å². The minimum atomic E-state index is -0.109. The molecule has 1 amide bonds. The van der Waals surface area contributed by atoms with Crippen molar-refractivity contribution in [3.05, 3.63) is 112 Å². The lowest BCUT2D eigenvalue weighted by atomic mass is 9.93. The van der Waals surface area contributed by atoms with Gasteiger partial charge in [0, 0.05) is 23.3 Å². The van der Waals surface area contributed by atoms with Gasteiger partial charge in [0.2, 0.25) is 0 Å². The first-order valence-electron chi connectivity index (χ1n) is 13.7. The molecule has 3 aromatic rings. The molecule has 0 N–H and O–H groups in total. The van der Waals surface area contributed by atoms with E-state index in [4.69, 9.17) is 4.74 Å². The monoisotopic (exact) mass is 558 g/mol. The van der Waals surface area contributed by atoms with Crippen LogP contribution in [0.15, 0.2) is 83.9 Å². The highest BCUT2D eigenvalue weighted by Crippen LogP contribution is 2.24. The molecule has 0 atom stereocenters. The average molecular weight is 559 g/mol. The van der Waals surface area contributed by atoms with E-state index < -0.39 is 0 Å². The van der Waals surface area contributed by atoms with Crippen LogP contribution >= 0.6 is 12.4 Å². The SMILES string of the molecule is CCN(CC)CCOc1ccc(C(=O)N2C/C(=C\c3ccc(C)cc3)C(=O)/C(=C/c3ccc(C)cc3)C2)cc1.Cl. The van der Waals surface area contributed by atoms with E-state index in [1.54, 1.807) is 17.0 Å². The topological polar surface area (TPSA) is 49.9 Å². The van der Waals surface area contributed by atoms with Gasteiger partial charge in [0.1, 0.15) is 12.4 Å². The summed E-state index contributed by atoms with van der Waals surface area (Å²) in [4.78, 5) is 31.2. The highest BCUT2D eigenvalue weighted by molar-refractivity contribution is 6.15. The Morgan fingerprint density at radius 2 is 1.27 bits per heavy atom. The van der Waals surface area contributed by atoms with Gasteiger partial charge in [0.15, 0.2) is 5.78 Å². The van der Waals surface area contributed by atoms with Gasteiger partial charge < -0.3 is 14.5 Å². The Kier molecular flexibility index (Phi) is 11.3. The normalized spacial score (nSPS) is 15.4. The highest BCUT2D eigenvalue weighted by atomic mass is 35.5. The molecule has 1 fully saturated rings. The van der Waals surface area contributed by atoms with Crippen LogP contribution in [0.3, 0.4) is 0 Å². The first-order chi connectivity index (χ1) is 18.9. The zero-order valence-electron chi connectivity index (χ0n) is 23.9. The number of halogens is 1. The van der Waals surface area contributed by atoms with Crippen molar-refractivity contribution in [1.82, 2.24) is 9.80 Å². The molecule has 5 nitrogen and oxygen atoms in total. The van der Waals surface area contributed by atoms with Crippen LogP contribution in [0.4, 0.5) is 0 Å². The Labute approximate surface area is 244 Å². The molecule has 0 radical (unpaired) electrons. The van der Waals surface area contributed by atoms with Gasteiger partial charge in [-0.3, -0.25) is 9.59 Å². The summed E-state index contributed by atoms with van der Waals surface area (Å²) in [6.07, 6.45) is 3.80. The number of rotatable bonds is 9. The van der Waals surface area contributed by atoms with Gasteiger partial charge in [0.05, 0.1) is 13.1 Å². The molecule has 1 saturated heterocycles. The van der Waals surface area contributed by atoms with Gasteiger partial charge in [-0.15, -0.1) is 12.4 Å². The summed E-state index contributed by atoms with van der Waals surface area (Å²) in [6, 6.07) is 23.4. The summed E-state index contributed by atoms with van der Waals surface area (Å²) in [7, 11) is 0. The van der Waals surface area contributed by atoms with E-state index >= 15 is 0 Å². The zero-order chi connectivity index (χ0) is 27.8. The maximum Gasteiger partial charge on any atom is 0.254 e. The summed E-state index contributed by atoms with van der Waals surface area (Å²) in [6.45, 7) is 12.3. The molecule has 0 saturated carbocycles. The summed E-state index contributed by atoms with van der Waals surface area (Å²) in [5.41, 5.74) is 5.98. The third-order valence-corrected chi connectivity index (χ3v) is 7.10. The van der Waals surface area contributed by atoms with Crippen molar-refractivity contribution >= 4 is 36.2 Å². The number of hydrogen-bond acceptors (Lipinski definition) is 4. The molecular formula is C34H39ClN2O3. The summed E-state index contributed by atoms with van der Waals surface area (Å²) < 4.78 is 5.89. The molecule has 6 heteroatoms. The molecule has 0 bridgehead atoms. The number of Topliss-reactive ketones (excluding diaryl/α,β-unsaturated/α-hetero) is 1. The van der Waals surface area contributed by atoms with Crippen molar-refractivity contribution in [2.45, 2.75) is 27.7 Å². The van der Waals surface area contributed by atoms with Crippen molar-refractivity contribution in [2.24, 2.45) is 0 Å². The molecule has 1 heterocycles. The van der Waals surface area contributed by atoms with Crippen molar-refractivity contribution in [3.8, 4) is 5.75 Å². The summed E-state index contributed by atoms with van der Waals surface area (Å²) >= 11 is 0. The Hall–Kier alpha value is -3.67. The van der Waals surface area contributed by atoms with Crippen molar-refractivity contribution in [3.63, 3.8) is 0 Å². The molecule has 1 aliphatic heterocycles. The van der Waals surface area contributed by atoms with E-state index in [1.807, 2.05) is 86.7 Å². The van der Waals surface area contributed by atoms with Crippen LogP contribution in [-0.2, 0) is 4.79 Å². The van der Waals surface area contributed by atoms with Crippen LogP contribution in [-0.4, -0.2) is 60.8 Å². The standard InChI is InChI=1S/C34H38N2O3.ClH/c1-5-35(6-2)19-20-39-32-17-15-29(16-18-32)34(38)36-23-30(21-27-11-7-25(3)8-12-27)33(37)31(24-36)22-28-13-9-26(4)10-14-28;/h7-18,21-22H,5-6,19-20,23-24H2,1-4H3;1H/b30-21+,31-22+;. The van der Waals surface area contributed by atoms with Crippen LogP contribution in [0.25, 0.3) is 12.2 Å². The van der Waals surface area contributed by atoms with Crippen molar-refractivity contribution < 1.29 is 14.3 Å². The van der Waals surface area contributed by atoms with E-state index in [0.29, 0.717) is 23.3 Å². The maximum atomic E-state index is 13.6. The second-order valence-corrected chi connectivity index (χ2v) is 10.1. The Morgan fingerprint density at radius 3 is 1.73 bits per heavy atom. The first kappa shape index (κ1) is 30.9. The third-order valence-electron chi connectivity index (χ3n) is 7.10. The lowest BCUT2D eigenvalue weighted by Gasteiger charge is -2.30. The molecular weight excluding hydrogens is 520 g/mol. The zero-order valence-corrected chi connectivity index (χ0v) is 24.7. The first-order valence-corrected chi connectivity index (χ1v) is 13.7. The molecule has 3 aromatic carbocycles. The number of carbonyl (C=O) groups is 2. The van der Waals surface area contributed by atoms with Crippen molar-refractivity contribution in [1.29, 1.82) is 0 Å². The number of likely N-dealkylation sites (N-methyl/N-ethyl adjacent to an activating group) is 1. The number of hydrogen-bond donors (Lipinski definition) is 0. The van der Waals surface area contributed by atoms with Crippen LogP contribution in [0.1, 0.15) is 46.5 Å². The molecule has 0 unspecified atom stereocenters. The predicted molar refractivity (Wildman–Crippen MR) is 166 cm³/mol. The minimum Gasteiger partial charge on any atom is -0.492 e. The number of aryl methyl sites for hydroxylation is 2. The Morgan fingerprint density at radius 1 is 0.800 bits per heavy atom. The quantitative estimate of drug-likeness (QED) is 0.276. The third kappa shape index (κ3) is 8.17. The van der Waals surface area contributed by atoms with E-state index in [1.165, 1.54) is 0 Å². The summed E-state index contributed by atoms with van der Waals surface area (Å²) in [5, 5.41) is 0. The van der Waals surface area contributed by atoms with Gasteiger partial charge in [-0.25, -0.2) is 0 Å². The number of benzene rings is 3. The Bertz CT molecular complexity index is 1270. The molecule has 0 spiro atoms. The van der Waals surface area contributed by atoms with Gasteiger partial charge in [-0.2, -0.15) is 0 Å². The van der Waals surface area contributed by atoms with Crippen molar-refractivity contribution in [2.75, 3.05) is 39.3 Å². The average Bonchev–Trinajstić information content (AvgIpc) is 2.95. The van der Waals surface area contributed by atoms with Gasteiger partial charge in [-0.1, -0.05) is 73.5 Å².